The van der Waals surface area contributed by atoms with Crippen LogP contribution in [0.5, 0.6) is 0 Å². The maximum atomic E-state index is 12.0. The molecule has 1 amide bonds. The molecular weight excluding hydrogens is 338 g/mol. The molecular formula is C14H14BrN3O3. The van der Waals surface area contributed by atoms with Gasteiger partial charge in [0.05, 0.1) is 11.1 Å². The highest BCUT2D eigenvalue weighted by molar-refractivity contribution is 9.09. The number of carbonyl (C=O) groups is 1. The number of rotatable bonds is 6. The van der Waals surface area contributed by atoms with Crippen molar-refractivity contribution in [2.75, 3.05) is 10.6 Å². The number of benzene rings is 1. The third-order valence-electron chi connectivity index (χ3n) is 2.91. The number of anilines is 1. The monoisotopic (exact) mass is 351 g/mol. The lowest BCUT2D eigenvalue weighted by atomic mass is 10.1. The van der Waals surface area contributed by atoms with Crippen molar-refractivity contribution in [3.05, 3.63) is 57.9 Å². The van der Waals surface area contributed by atoms with Gasteiger partial charge in [0, 0.05) is 17.1 Å². The van der Waals surface area contributed by atoms with Crippen LogP contribution >= 0.6 is 15.9 Å². The highest BCUT2D eigenvalue weighted by atomic mass is 79.9. The molecule has 1 heterocycles. The molecule has 6 nitrogen and oxygen atoms in total. The Labute approximate surface area is 129 Å². The number of H-pyrrole nitrogens is 1. The second-order valence-electron chi connectivity index (χ2n) is 4.48. The molecule has 2 aromatic rings. The minimum Gasteiger partial charge on any atom is -0.351 e. The van der Waals surface area contributed by atoms with Crippen LogP contribution in [0.2, 0.25) is 0 Å². The van der Waals surface area contributed by atoms with Gasteiger partial charge in [-0.25, -0.2) is 0 Å². The molecule has 1 aromatic carbocycles. The number of nitrogens with one attached hydrogen (secondary N) is 2. The second kappa shape index (κ2) is 7.03. The van der Waals surface area contributed by atoms with E-state index < -0.39 is 10.8 Å². The van der Waals surface area contributed by atoms with Crippen molar-refractivity contribution >= 4 is 33.2 Å². The molecule has 0 bridgehead atoms. The van der Waals surface area contributed by atoms with Gasteiger partial charge >= 0.3 is 0 Å². The van der Waals surface area contributed by atoms with Gasteiger partial charge in [0.15, 0.2) is 0 Å². The van der Waals surface area contributed by atoms with Crippen molar-refractivity contribution in [1.29, 1.82) is 0 Å². The van der Waals surface area contributed by atoms with Crippen molar-refractivity contribution in [3.63, 3.8) is 0 Å². The Balaban J connectivity index is 2.06. The van der Waals surface area contributed by atoms with E-state index in [0.29, 0.717) is 5.69 Å². The zero-order valence-corrected chi connectivity index (χ0v) is 12.7. The summed E-state index contributed by atoms with van der Waals surface area (Å²) in [6.45, 7) is 0. The number of nitrogens with zero attached hydrogens (tertiary/aromatic N) is 1. The van der Waals surface area contributed by atoms with E-state index in [-0.39, 0.29) is 11.4 Å². The predicted octanol–water partition coefficient (Wildman–Crippen LogP) is 3.50. The van der Waals surface area contributed by atoms with Gasteiger partial charge in [-0.05, 0) is 30.5 Å². The molecule has 2 N–H and O–H groups in total. The van der Waals surface area contributed by atoms with Gasteiger partial charge in [-0.1, -0.05) is 28.1 Å². The number of aromatic amines is 1. The number of amides is 1. The number of alkyl halides is 1. The summed E-state index contributed by atoms with van der Waals surface area (Å²) in [5, 5.41) is 14.2. The first-order chi connectivity index (χ1) is 10.1. The Morgan fingerprint density at radius 2 is 2.19 bits per heavy atom. The summed E-state index contributed by atoms with van der Waals surface area (Å²) in [4.78, 5) is 24.6. The van der Waals surface area contributed by atoms with E-state index in [9.17, 15) is 14.9 Å². The molecule has 0 fully saturated rings. The molecule has 0 aliphatic rings. The summed E-state index contributed by atoms with van der Waals surface area (Å²) in [5.74, 6) is -0.402. The van der Waals surface area contributed by atoms with E-state index in [1.54, 1.807) is 6.07 Å². The first kappa shape index (κ1) is 15.2. The SMILES string of the molecule is O=C(Nc1cccc(CCCBr)c1)c1cc([N+](=O)[O-])c[nH]1. The van der Waals surface area contributed by atoms with Gasteiger partial charge in [-0.15, -0.1) is 0 Å². The van der Waals surface area contributed by atoms with Crippen molar-refractivity contribution < 1.29 is 9.72 Å². The molecule has 1 aromatic heterocycles. The standard InChI is InChI=1S/C14H14BrN3O3/c15-6-2-4-10-3-1-5-11(7-10)17-14(19)13-8-12(9-16-13)18(20)21/h1,3,5,7-9,16H,2,4,6H2,(H,17,19). The van der Waals surface area contributed by atoms with E-state index in [2.05, 4.69) is 26.2 Å². The fraction of sp³-hybridized carbons (Fsp3) is 0.214. The number of halogens is 1. The fourth-order valence-corrected chi connectivity index (χ4v) is 2.17. The Bertz CT molecular complexity index is 654. The number of nitro groups is 1. The van der Waals surface area contributed by atoms with Gasteiger partial charge in [0.25, 0.3) is 11.6 Å². The molecule has 0 unspecified atom stereocenters. The van der Waals surface area contributed by atoms with Crippen LogP contribution in [0.25, 0.3) is 0 Å². The van der Waals surface area contributed by atoms with Gasteiger partial charge in [-0.2, -0.15) is 0 Å². The van der Waals surface area contributed by atoms with E-state index in [1.807, 2.05) is 18.2 Å². The number of aromatic nitrogens is 1. The maximum absolute atomic E-state index is 12.0. The molecule has 0 radical (unpaired) electrons. The smallest absolute Gasteiger partial charge is 0.287 e. The van der Waals surface area contributed by atoms with E-state index >= 15 is 0 Å². The summed E-state index contributed by atoms with van der Waals surface area (Å²) in [6.07, 6.45) is 3.13. The summed E-state index contributed by atoms with van der Waals surface area (Å²) >= 11 is 3.38. The van der Waals surface area contributed by atoms with Crippen LogP contribution in [-0.4, -0.2) is 21.1 Å². The van der Waals surface area contributed by atoms with Gasteiger partial charge in [0.1, 0.15) is 5.69 Å². The lowest BCUT2D eigenvalue weighted by Crippen LogP contribution is -2.12. The van der Waals surface area contributed by atoms with E-state index in [0.717, 1.165) is 23.7 Å². The van der Waals surface area contributed by atoms with Crippen LogP contribution in [0.1, 0.15) is 22.5 Å². The quantitative estimate of drug-likeness (QED) is 0.474. The molecule has 110 valence electrons. The minimum atomic E-state index is -0.547. The Morgan fingerprint density at radius 1 is 1.38 bits per heavy atom. The summed E-state index contributed by atoms with van der Waals surface area (Å²) in [7, 11) is 0. The zero-order valence-electron chi connectivity index (χ0n) is 11.1. The normalized spacial score (nSPS) is 10.3. The van der Waals surface area contributed by atoms with Gasteiger partial charge < -0.3 is 10.3 Å². The maximum Gasteiger partial charge on any atom is 0.287 e. The third kappa shape index (κ3) is 4.16. The van der Waals surface area contributed by atoms with Crippen LogP contribution in [0.3, 0.4) is 0 Å². The summed E-state index contributed by atoms with van der Waals surface area (Å²) in [5.41, 5.74) is 1.83. The molecule has 7 heteroatoms. The number of hydrogen-bond acceptors (Lipinski definition) is 3. The van der Waals surface area contributed by atoms with Crippen molar-refractivity contribution in [2.24, 2.45) is 0 Å². The summed E-state index contributed by atoms with van der Waals surface area (Å²) < 4.78 is 0. The first-order valence-electron chi connectivity index (χ1n) is 6.39. The van der Waals surface area contributed by atoms with Crippen LogP contribution in [0, 0.1) is 10.1 Å². The highest BCUT2D eigenvalue weighted by Gasteiger charge is 2.14. The molecule has 0 saturated heterocycles. The molecule has 0 atom stereocenters. The lowest BCUT2D eigenvalue weighted by molar-refractivity contribution is -0.384. The minimum absolute atomic E-state index is 0.133. The molecule has 0 aliphatic carbocycles. The van der Waals surface area contributed by atoms with E-state index in [4.69, 9.17) is 0 Å². The topological polar surface area (TPSA) is 88.0 Å². The molecule has 2 rings (SSSR count). The van der Waals surface area contributed by atoms with E-state index in [1.165, 1.54) is 12.3 Å². The van der Waals surface area contributed by atoms with Gasteiger partial charge in [0.2, 0.25) is 0 Å². The average Bonchev–Trinajstić information content (AvgIpc) is 2.95. The van der Waals surface area contributed by atoms with Crippen LogP contribution in [0.15, 0.2) is 36.5 Å². The lowest BCUT2D eigenvalue weighted by Gasteiger charge is -2.06. The van der Waals surface area contributed by atoms with Crippen molar-refractivity contribution in [1.82, 2.24) is 4.98 Å². The summed E-state index contributed by atoms with van der Waals surface area (Å²) in [6, 6.07) is 8.77. The second-order valence-corrected chi connectivity index (χ2v) is 5.27. The van der Waals surface area contributed by atoms with Crippen LogP contribution < -0.4 is 5.32 Å². The Morgan fingerprint density at radius 3 is 2.86 bits per heavy atom. The van der Waals surface area contributed by atoms with Crippen LogP contribution in [0.4, 0.5) is 11.4 Å². The largest absolute Gasteiger partial charge is 0.351 e. The highest BCUT2D eigenvalue weighted by Crippen LogP contribution is 2.16. The Kier molecular flexibility index (Phi) is 5.10. The molecule has 0 aliphatic heterocycles. The van der Waals surface area contributed by atoms with Crippen LogP contribution in [-0.2, 0) is 6.42 Å². The zero-order chi connectivity index (χ0) is 15.2. The first-order valence-corrected chi connectivity index (χ1v) is 7.51. The average molecular weight is 352 g/mol. The predicted molar refractivity (Wildman–Crippen MR) is 84.0 cm³/mol. The number of hydrogen-bond donors (Lipinski definition) is 2. The fourth-order valence-electron chi connectivity index (χ4n) is 1.89. The molecule has 0 saturated carbocycles. The molecule has 0 spiro atoms. The van der Waals surface area contributed by atoms with Gasteiger partial charge in [-0.3, -0.25) is 14.9 Å². The molecule has 21 heavy (non-hydrogen) atoms. The number of aryl methyl sites for hydroxylation is 1. The number of carbonyl (C=O) groups excluding carboxylic acids is 1. The van der Waals surface area contributed by atoms with Crippen molar-refractivity contribution in [3.8, 4) is 0 Å². The Hall–Kier alpha value is -2.15. The van der Waals surface area contributed by atoms with Crippen molar-refractivity contribution in [2.45, 2.75) is 12.8 Å². The third-order valence-corrected chi connectivity index (χ3v) is 3.47.